The van der Waals surface area contributed by atoms with Gasteiger partial charge in [-0.25, -0.2) is 9.97 Å². The number of rotatable bonds is 5. The van der Waals surface area contributed by atoms with Crippen molar-refractivity contribution in [3.8, 4) is 23.0 Å². The molecule has 0 unspecified atom stereocenters. The van der Waals surface area contributed by atoms with Gasteiger partial charge in [-0.3, -0.25) is 5.10 Å². The van der Waals surface area contributed by atoms with E-state index in [0.29, 0.717) is 33.4 Å². The van der Waals surface area contributed by atoms with E-state index in [0.717, 1.165) is 17.0 Å². The second-order valence-corrected chi connectivity index (χ2v) is 6.64. The lowest BCUT2D eigenvalue weighted by atomic mass is 10.2. The predicted octanol–water partition coefficient (Wildman–Crippen LogP) is 4.97. The highest BCUT2D eigenvalue weighted by molar-refractivity contribution is 7.98. The van der Waals surface area contributed by atoms with Crippen LogP contribution in [0.3, 0.4) is 0 Å². The molecule has 0 radical (unpaired) electrons. The minimum Gasteiger partial charge on any atom is -0.459 e. The highest BCUT2D eigenvalue weighted by Gasteiger charge is 2.15. The molecule has 1 N–H and O–H groups in total. The minimum atomic E-state index is 0.481. The Balaban J connectivity index is 1.46. The Kier molecular flexibility index (Phi) is 4.33. The summed E-state index contributed by atoms with van der Waals surface area (Å²) in [7, 11) is 0. The standard InChI is InChI=1S/C17H13ClN4O2S/c1-10-13(19-16(24-10)14-3-2-8-23-14)9-25-17-20-15(21-22-17)11-4-6-12(18)7-5-11/h2-8H,9H2,1H3,(H,20,21,22). The van der Waals surface area contributed by atoms with Crippen molar-refractivity contribution >= 4 is 23.4 Å². The van der Waals surface area contributed by atoms with Crippen molar-refractivity contribution in [1.29, 1.82) is 0 Å². The highest BCUT2D eigenvalue weighted by atomic mass is 35.5. The van der Waals surface area contributed by atoms with Crippen molar-refractivity contribution in [2.45, 2.75) is 17.8 Å². The molecular formula is C17H13ClN4O2S. The topological polar surface area (TPSA) is 80.7 Å². The molecule has 0 spiro atoms. The largest absolute Gasteiger partial charge is 0.459 e. The molecule has 6 nitrogen and oxygen atoms in total. The van der Waals surface area contributed by atoms with Crippen LogP contribution in [0.1, 0.15) is 11.5 Å². The van der Waals surface area contributed by atoms with Crippen LogP contribution < -0.4 is 0 Å². The van der Waals surface area contributed by atoms with Crippen LogP contribution in [-0.4, -0.2) is 20.2 Å². The molecule has 4 aromatic rings. The normalized spacial score (nSPS) is 11.1. The molecular weight excluding hydrogens is 360 g/mol. The number of hydrogen-bond acceptors (Lipinski definition) is 6. The second-order valence-electron chi connectivity index (χ2n) is 5.26. The Morgan fingerprint density at radius 1 is 1.16 bits per heavy atom. The summed E-state index contributed by atoms with van der Waals surface area (Å²) in [6.45, 7) is 1.88. The van der Waals surface area contributed by atoms with Gasteiger partial charge in [0.05, 0.1) is 12.0 Å². The first-order chi connectivity index (χ1) is 12.2. The Morgan fingerprint density at radius 2 is 2.00 bits per heavy atom. The Morgan fingerprint density at radius 3 is 2.76 bits per heavy atom. The number of nitrogens with one attached hydrogen (secondary N) is 1. The number of H-pyrrole nitrogens is 1. The molecule has 0 atom stereocenters. The molecule has 3 aromatic heterocycles. The van der Waals surface area contributed by atoms with E-state index in [4.69, 9.17) is 20.4 Å². The number of furan rings is 1. The molecule has 25 heavy (non-hydrogen) atoms. The number of hydrogen-bond donors (Lipinski definition) is 1. The van der Waals surface area contributed by atoms with Crippen LogP contribution >= 0.6 is 23.4 Å². The molecule has 0 aliphatic rings. The summed E-state index contributed by atoms with van der Waals surface area (Å²) < 4.78 is 11.0. The molecule has 4 rings (SSSR count). The third kappa shape index (κ3) is 3.47. The smallest absolute Gasteiger partial charge is 0.263 e. The quantitative estimate of drug-likeness (QED) is 0.498. The van der Waals surface area contributed by atoms with Gasteiger partial charge in [-0.05, 0) is 43.3 Å². The lowest BCUT2D eigenvalue weighted by molar-refractivity contribution is 0.500. The number of oxazole rings is 1. The van der Waals surface area contributed by atoms with Crippen LogP contribution in [0.15, 0.2) is 56.7 Å². The van der Waals surface area contributed by atoms with Crippen LogP contribution in [-0.2, 0) is 5.75 Å². The third-order valence-corrected chi connectivity index (χ3v) is 4.66. The van der Waals surface area contributed by atoms with Gasteiger partial charge in [0.1, 0.15) is 5.76 Å². The van der Waals surface area contributed by atoms with Gasteiger partial charge >= 0.3 is 0 Å². The number of halogens is 1. The fourth-order valence-corrected chi connectivity index (χ4v) is 3.17. The second kappa shape index (κ2) is 6.78. The zero-order valence-corrected chi connectivity index (χ0v) is 14.8. The molecule has 0 saturated heterocycles. The first-order valence-electron chi connectivity index (χ1n) is 7.50. The zero-order chi connectivity index (χ0) is 17.2. The average molecular weight is 373 g/mol. The van der Waals surface area contributed by atoms with Crippen molar-refractivity contribution < 1.29 is 8.83 Å². The van der Waals surface area contributed by atoms with E-state index in [-0.39, 0.29) is 0 Å². The number of benzene rings is 1. The summed E-state index contributed by atoms with van der Waals surface area (Å²) in [5.41, 5.74) is 1.77. The van der Waals surface area contributed by atoms with Crippen molar-refractivity contribution in [3.05, 3.63) is 59.1 Å². The van der Waals surface area contributed by atoms with E-state index in [2.05, 4.69) is 20.2 Å². The van der Waals surface area contributed by atoms with Gasteiger partial charge in [-0.1, -0.05) is 23.4 Å². The van der Waals surface area contributed by atoms with Crippen LogP contribution in [0.2, 0.25) is 5.02 Å². The van der Waals surface area contributed by atoms with Gasteiger partial charge < -0.3 is 8.83 Å². The lowest BCUT2D eigenvalue weighted by Gasteiger charge is -1.95. The molecule has 0 fully saturated rings. The van der Waals surface area contributed by atoms with Crippen molar-refractivity contribution in [1.82, 2.24) is 20.2 Å². The average Bonchev–Trinajstić information content (AvgIpc) is 3.35. The fraction of sp³-hybridized carbons (Fsp3) is 0.118. The van der Waals surface area contributed by atoms with E-state index in [1.165, 1.54) is 11.8 Å². The van der Waals surface area contributed by atoms with Crippen molar-refractivity contribution in [2.24, 2.45) is 0 Å². The number of aromatic nitrogens is 4. The molecule has 1 aromatic carbocycles. The summed E-state index contributed by atoms with van der Waals surface area (Å²) in [4.78, 5) is 8.97. The highest BCUT2D eigenvalue weighted by Crippen LogP contribution is 2.27. The van der Waals surface area contributed by atoms with Crippen molar-refractivity contribution in [3.63, 3.8) is 0 Å². The van der Waals surface area contributed by atoms with Crippen molar-refractivity contribution in [2.75, 3.05) is 0 Å². The lowest BCUT2D eigenvalue weighted by Crippen LogP contribution is -1.85. The van der Waals surface area contributed by atoms with Gasteiger partial charge in [0.15, 0.2) is 11.6 Å². The van der Waals surface area contributed by atoms with Gasteiger partial charge in [0.2, 0.25) is 5.16 Å². The Bertz CT molecular complexity index is 977. The SMILES string of the molecule is Cc1oc(-c2ccco2)nc1CSc1n[nH]c(-c2ccc(Cl)cc2)n1. The fourth-order valence-electron chi connectivity index (χ4n) is 2.25. The molecule has 3 heterocycles. The van der Waals surface area contributed by atoms with Crippen LogP contribution in [0.4, 0.5) is 0 Å². The summed E-state index contributed by atoms with van der Waals surface area (Å²) >= 11 is 7.39. The van der Waals surface area contributed by atoms with Crippen LogP contribution in [0, 0.1) is 6.92 Å². The van der Waals surface area contributed by atoms with Crippen LogP contribution in [0.25, 0.3) is 23.0 Å². The van der Waals surface area contributed by atoms with E-state index in [1.54, 1.807) is 12.3 Å². The predicted molar refractivity (Wildman–Crippen MR) is 95.3 cm³/mol. The van der Waals surface area contributed by atoms with E-state index < -0.39 is 0 Å². The Hall–Kier alpha value is -2.51. The molecule has 0 aliphatic heterocycles. The maximum Gasteiger partial charge on any atom is 0.263 e. The van der Waals surface area contributed by atoms with E-state index in [1.807, 2.05) is 37.3 Å². The van der Waals surface area contributed by atoms with Gasteiger partial charge in [-0.15, -0.1) is 5.10 Å². The van der Waals surface area contributed by atoms with Gasteiger partial charge in [-0.2, -0.15) is 0 Å². The monoisotopic (exact) mass is 372 g/mol. The number of thioether (sulfide) groups is 1. The maximum absolute atomic E-state index is 5.90. The molecule has 0 saturated carbocycles. The summed E-state index contributed by atoms with van der Waals surface area (Å²) in [6, 6.07) is 11.1. The maximum atomic E-state index is 5.90. The summed E-state index contributed by atoms with van der Waals surface area (Å²) in [6.07, 6.45) is 1.59. The van der Waals surface area contributed by atoms with E-state index >= 15 is 0 Å². The van der Waals surface area contributed by atoms with Gasteiger partial charge in [0, 0.05) is 16.3 Å². The minimum absolute atomic E-state index is 0.481. The third-order valence-electron chi connectivity index (χ3n) is 3.55. The summed E-state index contributed by atoms with van der Waals surface area (Å²) in [5.74, 6) is 3.16. The van der Waals surface area contributed by atoms with Gasteiger partial charge in [0.25, 0.3) is 5.89 Å². The number of aryl methyl sites for hydroxylation is 1. The van der Waals surface area contributed by atoms with Crippen LogP contribution in [0.5, 0.6) is 0 Å². The molecule has 8 heteroatoms. The first kappa shape index (κ1) is 16.0. The number of aromatic amines is 1. The zero-order valence-electron chi connectivity index (χ0n) is 13.2. The molecule has 0 bridgehead atoms. The molecule has 0 aliphatic carbocycles. The first-order valence-corrected chi connectivity index (χ1v) is 8.87. The number of nitrogens with zero attached hydrogens (tertiary/aromatic N) is 3. The summed E-state index contributed by atoms with van der Waals surface area (Å²) in [5, 5.41) is 8.50. The Labute approximate surface area is 152 Å². The molecule has 126 valence electrons. The molecule has 0 amide bonds. The van der Waals surface area contributed by atoms with E-state index in [9.17, 15) is 0 Å².